The first-order valence-corrected chi connectivity index (χ1v) is 15.7. The van der Waals surface area contributed by atoms with Gasteiger partial charge in [0, 0.05) is 10.5 Å². The highest BCUT2D eigenvalue weighted by Gasteiger charge is 2.51. The van der Waals surface area contributed by atoms with Crippen molar-refractivity contribution in [3.8, 4) is 11.5 Å². The first-order chi connectivity index (χ1) is 21.6. The molecule has 44 heavy (non-hydrogen) atoms. The van der Waals surface area contributed by atoms with Crippen molar-refractivity contribution in [3.63, 3.8) is 0 Å². The Kier molecular flexibility index (Phi) is 10.2. The van der Waals surface area contributed by atoms with Crippen molar-refractivity contribution in [1.82, 2.24) is 0 Å². The van der Waals surface area contributed by atoms with Gasteiger partial charge in [0.05, 0.1) is 34.0 Å². The van der Waals surface area contributed by atoms with E-state index >= 15 is 0 Å². The Labute approximate surface area is 263 Å². The van der Waals surface area contributed by atoms with E-state index in [4.69, 9.17) is 33.2 Å². The number of ether oxygens (including phenoxy) is 7. The number of benzene rings is 4. The van der Waals surface area contributed by atoms with Crippen LogP contribution in [0.1, 0.15) is 28.5 Å². The highest BCUT2D eigenvalue weighted by atomic mass is 32.2. The van der Waals surface area contributed by atoms with E-state index in [1.807, 2.05) is 78.9 Å². The quantitative estimate of drug-likeness (QED) is 0.177. The van der Waals surface area contributed by atoms with E-state index in [0.717, 1.165) is 33.1 Å². The molecule has 2 aliphatic rings. The summed E-state index contributed by atoms with van der Waals surface area (Å²) in [6.07, 6.45) is -2.16. The molecule has 6 atom stereocenters. The Morgan fingerprint density at radius 3 is 1.86 bits per heavy atom. The van der Waals surface area contributed by atoms with Gasteiger partial charge < -0.3 is 33.2 Å². The molecule has 0 aliphatic carbocycles. The smallest absolute Gasteiger partial charge is 0.184 e. The summed E-state index contributed by atoms with van der Waals surface area (Å²) < 4.78 is 43.7. The van der Waals surface area contributed by atoms with Crippen LogP contribution in [0, 0.1) is 6.92 Å². The maximum absolute atomic E-state index is 6.76. The molecule has 0 bridgehead atoms. The summed E-state index contributed by atoms with van der Waals surface area (Å²) in [5, 5.41) is 0. The van der Waals surface area contributed by atoms with E-state index in [2.05, 4.69) is 31.2 Å². The van der Waals surface area contributed by atoms with Crippen molar-refractivity contribution in [2.24, 2.45) is 0 Å². The van der Waals surface area contributed by atoms with Gasteiger partial charge in [0.15, 0.2) is 6.29 Å². The fourth-order valence-corrected chi connectivity index (χ4v) is 6.49. The molecule has 0 N–H and O–H groups in total. The largest absolute Gasteiger partial charge is 0.497 e. The number of thioether (sulfide) groups is 1. The van der Waals surface area contributed by atoms with E-state index in [1.54, 1.807) is 26.0 Å². The summed E-state index contributed by atoms with van der Waals surface area (Å²) in [5.41, 5.74) is 3.84. The third-order valence-corrected chi connectivity index (χ3v) is 8.99. The van der Waals surface area contributed by atoms with Crippen LogP contribution >= 0.6 is 11.8 Å². The summed E-state index contributed by atoms with van der Waals surface area (Å²) in [6.45, 7) is 3.21. The molecule has 0 spiro atoms. The van der Waals surface area contributed by atoms with Gasteiger partial charge in [-0.3, -0.25) is 0 Å². The topological polar surface area (TPSA) is 64.6 Å². The second-order valence-electron chi connectivity index (χ2n) is 10.9. The number of fused-ring (bicyclic) bond motifs is 1. The van der Waals surface area contributed by atoms with Crippen molar-refractivity contribution in [1.29, 1.82) is 0 Å². The first-order valence-electron chi connectivity index (χ1n) is 14.8. The molecule has 4 aromatic rings. The lowest BCUT2D eigenvalue weighted by atomic mass is 9.98. The van der Waals surface area contributed by atoms with Crippen LogP contribution in [-0.4, -0.2) is 50.7 Å². The van der Waals surface area contributed by atoms with E-state index in [9.17, 15) is 0 Å². The number of rotatable bonds is 11. The Morgan fingerprint density at radius 2 is 1.27 bits per heavy atom. The van der Waals surface area contributed by atoms with Crippen molar-refractivity contribution in [2.45, 2.75) is 61.2 Å². The number of methoxy groups -OCH3 is 2. The van der Waals surface area contributed by atoms with Gasteiger partial charge in [0.1, 0.15) is 41.4 Å². The third kappa shape index (κ3) is 7.46. The molecule has 2 fully saturated rings. The van der Waals surface area contributed by atoms with E-state index in [0.29, 0.717) is 19.8 Å². The molecule has 2 heterocycles. The maximum Gasteiger partial charge on any atom is 0.184 e. The molecule has 8 heteroatoms. The highest BCUT2D eigenvalue weighted by molar-refractivity contribution is 7.99. The van der Waals surface area contributed by atoms with Crippen LogP contribution in [0.25, 0.3) is 0 Å². The Balaban J connectivity index is 1.30. The van der Waals surface area contributed by atoms with Crippen molar-refractivity contribution < 1.29 is 33.2 Å². The van der Waals surface area contributed by atoms with Gasteiger partial charge in [-0.05, 0) is 54.4 Å². The lowest BCUT2D eigenvalue weighted by Gasteiger charge is -2.49. The van der Waals surface area contributed by atoms with Crippen LogP contribution in [0.3, 0.4) is 0 Å². The zero-order valence-corrected chi connectivity index (χ0v) is 26.0. The fourth-order valence-electron chi connectivity index (χ4n) is 5.37. The van der Waals surface area contributed by atoms with Gasteiger partial charge in [-0.1, -0.05) is 84.1 Å². The molecule has 0 radical (unpaired) electrons. The molecule has 0 aromatic heterocycles. The SMILES string of the molecule is COc1ccc(CO[C@@H]2[C@@H](OCc3ccc(OC)cc3)[C@@H](Sc3ccc(C)cc3)O[C@@H]3CO[C@H](c4ccccc4)O[C@H]23)cc1. The summed E-state index contributed by atoms with van der Waals surface area (Å²) in [6, 6.07) is 34.2. The molecular weight excluding hydrogens is 576 g/mol. The van der Waals surface area contributed by atoms with Crippen LogP contribution in [0.4, 0.5) is 0 Å². The summed E-state index contributed by atoms with van der Waals surface area (Å²) in [5.74, 6) is 1.60. The molecule has 2 saturated heterocycles. The zero-order valence-electron chi connectivity index (χ0n) is 25.2. The molecule has 4 aromatic carbocycles. The highest BCUT2D eigenvalue weighted by Crippen LogP contribution is 2.41. The third-order valence-electron chi connectivity index (χ3n) is 7.83. The monoisotopic (exact) mass is 614 g/mol. The van der Waals surface area contributed by atoms with Crippen LogP contribution in [0.15, 0.2) is 108 Å². The van der Waals surface area contributed by atoms with Gasteiger partial charge in [-0.25, -0.2) is 0 Å². The lowest BCUT2D eigenvalue weighted by Crippen LogP contribution is -2.62. The van der Waals surface area contributed by atoms with Gasteiger partial charge in [-0.15, -0.1) is 0 Å². The fraction of sp³-hybridized carbons (Fsp3) is 0.333. The van der Waals surface area contributed by atoms with E-state index < -0.39 is 24.6 Å². The maximum atomic E-state index is 6.76. The standard InChI is InChI=1S/C36H38O7S/c1-24-9-19-30(20-10-24)44-36-34(40-22-26-13-17-29(38-3)18-14-26)33(39-21-25-11-15-28(37-2)16-12-25)32-31(42-36)23-41-35(43-32)27-7-5-4-6-8-27/h4-20,31-36H,21-23H2,1-3H3/t31-,32+,33+,34-,35+,36-/m1/s1. The second-order valence-corrected chi connectivity index (χ2v) is 12.1. The van der Waals surface area contributed by atoms with Crippen LogP contribution in [0.2, 0.25) is 0 Å². The Hall–Kier alpha value is -3.37. The van der Waals surface area contributed by atoms with Gasteiger partial charge in [-0.2, -0.15) is 0 Å². The van der Waals surface area contributed by atoms with Crippen LogP contribution in [0.5, 0.6) is 11.5 Å². The minimum Gasteiger partial charge on any atom is -0.497 e. The average Bonchev–Trinajstić information content (AvgIpc) is 3.08. The molecule has 0 unspecified atom stereocenters. The van der Waals surface area contributed by atoms with E-state index in [1.165, 1.54) is 5.56 Å². The Morgan fingerprint density at radius 1 is 0.682 bits per heavy atom. The predicted octanol–water partition coefficient (Wildman–Crippen LogP) is 7.11. The number of aryl methyl sites for hydroxylation is 1. The van der Waals surface area contributed by atoms with E-state index in [-0.39, 0.29) is 11.5 Å². The van der Waals surface area contributed by atoms with Gasteiger partial charge in [0.2, 0.25) is 0 Å². The normalized spacial score (nSPS) is 24.8. The second kappa shape index (κ2) is 14.6. The summed E-state index contributed by atoms with van der Waals surface area (Å²) >= 11 is 1.63. The molecule has 230 valence electrons. The van der Waals surface area contributed by atoms with Gasteiger partial charge >= 0.3 is 0 Å². The Bertz CT molecular complexity index is 1450. The minimum absolute atomic E-state index is 0.334. The molecule has 2 aliphatic heterocycles. The number of hydrogen-bond acceptors (Lipinski definition) is 8. The molecular formula is C36H38O7S. The lowest BCUT2D eigenvalue weighted by molar-refractivity contribution is -0.329. The predicted molar refractivity (Wildman–Crippen MR) is 169 cm³/mol. The van der Waals surface area contributed by atoms with Crippen molar-refractivity contribution in [3.05, 3.63) is 125 Å². The zero-order chi connectivity index (χ0) is 30.3. The molecule has 0 amide bonds. The molecule has 7 nitrogen and oxygen atoms in total. The molecule has 0 saturated carbocycles. The summed E-state index contributed by atoms with van der Waals surface area (Å²) in [7, 11) is 3.32. The van der Waals surface area contributed by atoms with Crippen molar-refractivity contribution >= 4 is 11.8 Å². The number of hydrogen-bond donors (Lipinski definition) is 0. The van der Waals surface area contributed by atoms with Crippen LogP contribution < -0.4 is 9.47 Å². The van der Waals surface area contributed by atoms with Crippen LogP contribution in [-0.2, 0) is 36.9 Å². The van der Waals surface area contributed by atoms with Gasteiger partial charge in [0.25, 0.3) is 0 Å². The minimum atomic E-state index is -0.531. The molecule has 6 rings (SSSR count). The van der Waals surface area contributed by atoms with Crippen molar-refractivity contribution in [2.75, 3.05) is 20.8 Å². The average molecular weight is 615 g/mol. The first kappa shape index (κ1) is 30.6. The summed E-state index contributed by atoms with van der Waals surface area (Å²) in [4.78, 5) is 1.09.